The van der Waals surface area contributed by atoms with Crippen molar-refractivity contribution >= 4 is 60.4 Å². The summed E-state index contributed by atoms with van der Waals surface area (Å²) in [7, 11) is 0. The van der Waals surface area contributed by atoms with E-state index < -0.39 is 0 Å². The zero-order valence-corrected chi connectivity index (χ0v) is 27.1. The minimum absolute atomic E-state index is 0. The van der Waals surface area contributed by atoms with Gasteiger partial charge in [-0.1, -0.05) is 48.4 Å². The van der Waals surface area contributed by atoms with E-state index in [1.807, 2.05) is 6.20 Å². The number of fused-ring (bicyclic) bond motifs is 1. The van der Waals surface area contributed by atoms with Crippen LogP contribution >= 0.6 is 49.6 Å². The predicted molar refractivity (Wildman–Crippen MR) is 188 cm³/mol. The van der Waals surface area contributed by atoms with Crippen LogP contribution in [0.25, 0.3) is 33.2 Å². The average molecular weight is 669 g/mol. The monoisotopic (exact) mass is 666 g/mol. The van der Waals surface area contributed by atoms with E-state index in [0.29, 0.717) is 12.1 Å². The summed E-state index contributed by atoms with van der Waals surface area (Å²) in [6.45, 7) is 2.08. The largest absolute Gasteiger partial charge is 0.341 e. The molecule has 10 heteroatoms. The highest BCUT2D eigenvalue weighted by Crippen LogP contribution is 2.32. The molecule has 0 radical (unpaired) electrons. The molecule has 228 valence electrons. The number of halogens is 4. The number of hydrogen-bond donors (Lipinski definition) is 4. The minimum Gasteiger partial charge on any atom is -0.341 e. The Morgan fingerprint density at radius 1 is 0.636 bits per heavy atom. The number of aromatic amines is 2. The quantitative estimate of drug-likeness (QED) is 0.149. The number of hydrogen-bond acceptors (Lipinski definition) is 4. The molecule has 7 rings (SSSR count). The lowest BCUT2D eigenvalue weighted by Crippen LogP contribution is -2.14. The van der Waals surface area contributed by atoms with Gasteiger partial charge in [0.1, 0.15) is 17.3 Å². The molecule has 44 heavy (non-hydrogen) atoms. The van der Waals surface area contributed by atoms with Crippen LogP contribution in [-0.4, -0.2) is 33.0 Å². The van der Waals surface area contributed by atoms with Crippen LogP contribution in [0.2, 0.25) is 0 Å². The Balaban J connectivity index is 0.00000132. The van der Waals surface area contributed by atoms with Gasteiger partial charge in [0.05, 0.1) is 30.2 Å². The summed E-state index contributed by atoms with van der Waals surface area (Å²) in [6, 6.07) is 22.0. The summed E-state index contributed by atoms with van der Waals surface area (Å²) < 4.78 is 0. The first kappa shape index (κ1) is 35.0. The second kappa shape index (κ2) is 16.0. The lowest BCUT2D eigenvalue weighted by atomic mass is 9.95. The fourth-order valence-corrected chi connectivity index (χ4v) is 5.69. The molecule has 2 aliphatic rings. The Morgan fingerprint density at radius 3 is 2.02 bits per heavy atom. The number of nitrogens with one attached hydrogen (secondary N) is 4. The molecule has 2 atom stereocenters. The molecule has 3 aromatic carbocycles. The molecule has 0 bridgehead atoms. The van der Waals surface area contributed by atoms with Crippen molar-refractivity contribution < 1.29 is 0 Å². The van der Waals surface area contributed by atoms with Crippen molar-refractivity contribution in [3.8, 4) is 46.1 Å². The van der Waals surface area contributed by atoms with Crippen LogP contribution in [0, 0.1) is 23.7 Å². The standard InChI is InChI=1S/C34H30N6.4ClH/c1-2-9-25-19-26(15-13-23(25)7-1)29-20-27(32-22-38-34(40-32)31-12-6-18-36-31)16-14-24(29)8-3-4-10-28-21-37-33(39-28)30-11-5-17-35-30;;;;/h1-2,7,9,13-16,19-22,30-31,35-36H,5-6,11-12,17-18H2,(H,37,39)(H,38,40);4*1H/t30-,31-;;;;/m0..../s1. The maximum atomic E-state index is 4.68. The molecule has 0 aliphatic carbocycles. The van der Waals surface area contributed by atoms with E-state index in [2.05, 4.69) is 115 Å². The molecular formula is C34H34Cl4N6. The Morgan fingerprint density at radius 2 is 1.30 bits per heavy atom. The van der Waals surface area contributed by atoms with Crippen LogP contribution < -0.4 is 10.6 Å². The summed E-state index contributed by atoms with van der Waals surface area (Å²) in [5, 5.41) is 9.40. The lowest BCUT2D eigenvalue weighted by Gasteiger charge is -2.10. The van der Waals surface area contributed by atoms with Gasteiger partial charge in [0.15, 0.2) is 0 Å². The number of aromatic nitrogens is 4. The molecule has 0 unspecified atom stereocenters. The Bertz CT molecular complexity index is 1810. The van der Waals surface area contributed by atoms with E-state index in [1.165, 1.54) is 23.6 Å². The molecule has 0 saturated carbocycles. The smallest absolute Gasteiger partial charge is 0.124 e. The third-order valence-electron chi connectivity index (χ3n) is 7.82. The summed E-state index contributed by atoms with van der Waals surface area (Å²) in [4.78, 5) is 16.1. The second-order valence-electron chi connectivity index (χ2n) is 10.5. The highest BCUT2D eigenvalue weighted by Gasteiger charge is 2.20. The van der Waals surface area contributed by atoms with Crippen LogP contribution in [0.1, 0.15) is 60.7 Å². The van der Waals surface area contributed by atoms with Crippen LogP contribution in [0.3, 0.4) is 0 Å². The SMILES string of the molecule is C(C#Cc1ccc(-c2cnc([C@@H]3CCCN3)[nH]2)cc1-c1ccc2ccccc2c1)#Cc1cnc([C@@H]2CCCN2)[nH]1.Cl.Cl.Cl.Cl. The van der Waals surface area contributed by atoms with Crippen molar-refractivity contribution in [1.29, 1.82) is 0 Å². The molecule has 4 N–H and O–H groups in total. The molecule has 6 nitrogen and oxygen atoms in total. The fraction of sp³-hybridized carbons (Fsp3) is 0.235. The zero-order chi connectivity index (χ0) is 26.7. The number of H-pyrrole nitrogens is 2. The highest BCUT2D eigenvalue weighted by molar-refractivity contribution is 5.89. The van der Waals surface area contributed by atoms with Crippen molar-refractivity contribution in [1.82, 2.24) is 30.6 Å². The number of rotatable bonds is 4. The van der Waals surface area contributed by atoms with Crippen LogP contribution in [0.5, 0.6) is 0 Å². The van der Waals surface area contributed by atoms with Crippen molar-refractivity contribution in [3.63, 3.8) is 0 Å². The van der Waals surface area contributed by atoms with Crippen LogP contribution in [0.15, 0.2) is 73.1 Å². The summed E-state index contributed by atoms with van der Waals surface area (Å²) >= 11 is 0. The molecule has 0 spiro atoms. The highest BCUT2D eigenvalue weighted by atomic mass is 35.5. The van der Waals surface area contributed by atoms with E-state index >= 15 is 0 Å². The molecule has 2 aromatic heterocycles. The van der Waals surface area contributed by atoms with Gasteiger partial charge in [-0.15, -0.1) is 49.6 Å². The van der Waals surface area contributed by atoms with E-state index in [-0.39, 0.29) is 49.6 Å². The maximum Gasteiger partial charge on any atom is 0.124 e. The van der Waals surface area contributed by atoms with Gasteiger partial charge in [-0.25, -0.2) is 9.97 Å². The Hall–Kier alpha value is -3.46. The topological polar surface area (TPSA) is 81.4 Å². The van der Waals surface area contributed by atoms with Gasteiger partial charge < -0.3 is 20.6 Å². The van der Waals surface area contributed by atoms with Gasteiger partial charge in [0, 0.05) is 11.1 Å². The van der Waals surface area contributed by atoms with Gasteiger partial charge in [0.25, 0.3) is 0 Å². The Kier molecular flexibility index (Phi) is 12.8. The molecule has 2 fully saturated rings. The van der Waals surface area contributed by atoms with E-state index in [4.69, 9.17) is 0 Å². The minimum atomic E-state index is 0. The van der Waals surface area contributed by atoms with Crippen molar-refractivity contribution in [2.75, 3.05) is 13.1 Å². The third kappa shape index (κ3) is 7.60. The average Bonchev–Trinajstić information content (AvgIpc) is 3.82. The normalized spacial score (nSPS) is 16.6. The predicted octanol–water partition coefficient (Wildman–Crippen LogP) is 7.56. The molecule has 2 aliphatic heterocycles. The van der Waals surface area contributed by atoms with E-state index in [1.54, 1.807) is 6.20 Å². The van der Waals surface area contributed by atoms with Crippen LogP contribution in [-0.2, 0) is 0 Å². The lowest BCUT2D eigenvalue weighted by molar-refractivity contribution is 0.612. The third-order valence-corrected chi connectivity index (χ3v) is 7.82. The molecule has 5 aromatic rings. The second-order valence-corrected chi connectivity index (χ2v) is 10.5. The first-order valence-corrected chi connectivity index (χ1v) is 14.0. The maximum absolute atomic E-state index is 4.68. The van der Waals surface area contributed by atoms with Gasteiger partial charge >= 0.3 is 0 Å². The summed E-state index contributed by atoms with van der Waals surface area (Å²) in [6.07, 6.45) is 8.30. The summed E-state index contributed by atoms with van der Waals surface area (Å²) in [5.74, 6) is 14.5. The Labute approximate surface area is 282 Å². The zero-order valence-electron chi connectivity index (χ0n) is 23.9. The van der Waals surface area contributed by atoms with Crippen molar-refractivity contribution in [2.45, 2.75) is 37.8 Å². The van der Waals surface area contributed by atoms with Crippen molar-refractivity contribution in [3.05, 3.63) is 96.0 Å². The van der Waals surface area contributed by atoms with Gasteiger partial charge in [-0.3, -0.25) is 0 Å². The summed E-state index contributed by atoms with van der Waals surface area (Å²) in [5.41, 5.74) is 6.01. The van der Waals surface area contributed by atoms with Crippen LogP contribution in [0.4, 0.5) is 0 Å². The van der Waals surface area contributed by atoms with Gasteiger partial charge in [-0.2, -0.15) is 0 Å². The van der Waals surface area contributed by atoms with E-state index in [9.17, 15) is 0 Å². The van der Waals surface area contributed by atoms with Crippen molar-refractivity contribution in [2.24, 2.45) is 0 Å². The fourth-order valence-electron chi connectivity index (χ4n) is 5.69. The molecule has 0 amide bonds. The van der Waals surface area contributed by atoms with Gasteiger partial charge in [-0.05, 0) is 96.6 Å². The molecule has 4 heterocycles. The van der Waals surface area contributed by atoms with Gasteiger partial charge in [0.2, 0.25) is 0 Å². The number of nitrogens with zero attached hydrogens (tertiary/aromatic N) is 2. The first-order chi connectivity index (χ1) is 19.8. The first-order valence-electron chi connectivity index (χ1n) is 14.0. The number of benzene rings is 3. The van der Waals surface area contributed by atoms with E-state index in [0.717, 1.165) is 71.2 Å². The number of imidazole rings is 2. The molecular weight excluding hydrogens is 634 g/mol. The molecule has 2 saturated heterocycles.